The maximum absolute atomic E-state index is 12.8. The molecule has 0 bridgehead atoms. The first-order chi connectivity index (χ1) is 34.0. The van der Waals surface area contributed by atoms with Gasteiger partial charge in [0.15, 0.2) is 6.10 Å². The molecule has 0 aromatic heterocycles. The van der Waals surface area contributed by atoms with Gasteiger partial charge in [0.05, 0.1) is 27.7 Å². The first-order valence-corrected chi connectivity index (χ1v) is 28.8. The minimum atomic E-state index is -4.40. The van der Waals surface area contributed by atoms with Crippen LogP contribution in [0.5, 0.6) is 0 Å². The van der Waals surface area contributed by atoms with Gasteiger partial charge in [-0.25, -0.2) is 4.57 Å². The molecule has 0 rings (SSSR count). The van der Waals surface area contributed by atoms with Crippen molar-refractivity contribution in [3.63, 3.8) is 0 Å². The van der Waals surface area contributed by atoms with E-state index in [9.17, 15) is 19.0 Å². The fraction of sp³-hybridized carbons (Fsp3) is 0.633. The number of rotatable bonds is 48. The van der Waals surface area contributed by atoms with Crippen LogP contribution in [-0.4, -0.2) is 74.9 Å². The van der Waals surface area contributed by atoms with E-state index in [0.717, 1.165) is 122 Å². The molecule has 0 fully saturated rings. The highest BCUT2D eigenvalue weighted by Crippen LogP contribution is 2.43. The van der Waals surface area contributed by atoms with E-state index in [-0.39, 0.29) is 26.1 Å². The van der Waals surface area contributed by atoms with E-state index in [0.29, 0.717) is 23.9 Å². The number of allylic oxidation sites excluding steroid dienone is 20. The number of ether oxygens (including phenoxy) is 2. The number of hydrogen-bond donors (Lipinski definition) is 1. The Balaban J connectivity index is 4.29. The van der Waals surface area contributed by atoms with Gasteiger partial charge in [0.25, 0.3) is 0 Å². The summed E-state index contributed by atoms with van der Waals surface area (Å²) in [5, 5.41) is 0. The van der Waals surface area contributed by atoms with Crippen LogP contribution >= 0.6 is 7.82 Å². The fourth-order valence-electron chi connectivity index (χ4n) is 6.83. The van der Waals surface area contributed by atoms with Crippen LogP contribution < -0.4 is 0 Å². The average molecular weight is 995 g/mol. The Kier molecular flexibility index (Phi) is 47.8. The van der Waals surface area contributed by atoms with Crippen LogP contribution in [0.25, 0.3) is 0 Å². The Morgan fingerprint density at radius 3 is 1.14 bits per heavy atom. The van der Waals surface area contributed by atoms with Crippen molar-refractivity contribution in [3.8, 4) is 0 Å². The Morgan fingerprint density at radius 2 is 0.771 bits per heavy atom. The molecule has 0 aromatic carbocycles. The molecule has 9 nitrogen and oxygen atoms in total. The van der Waals surface area contributed by atoms with Crippen LogP contribution in [0.2, 0.25) is 0 Å². The number of phosphoric acid groups is 1. The van der Waals surface area contributed by atoms with Crippen molar-refractivity contribution >= 4 is 19.8 Å². The number of nitrogens with zero attached hydrogens (tertiary/aromatic N) is 1. The first-order valence-electron chi connectivity index (χ1n) is 27.3. The molecular formula is C60H101NO8P+. The van der Waals surface area contributed by atoms with Crippen molar-refractivity contribution in [1.29, 1.82) is 0 Å². The maximum atomic E-state index is 12.8. The number of phosphoric ester groups is 1. The van der Waals surface area contributed by atoms with E-state index in [2.05, 4.69) is 135 Å². The molecule has 0 aliphatic rings. The molecule has 0 aromatic rings. The average Bonchev–Trinajstić information content (AvgIpc) is 3.32. The molecule has 0 heterocycles. The Labute approximate surface area is 428 Å². The van der Waals surface area contributed by atoms with Gasteiger partial charge in [0.2, 0.25) is 0 Å². The minimum absolute atomic E-state index is 0.0197. The lowest BCUT2D eigenvalue weighted by molar-refractivity contribution is -0.870. The summed E-state index contributed by atoms with van der Waals surface area (Å²) in [7, 11) is 1.44. The van der Waals surface area contributed by atoms with Gasteiger partial charge in [-0.15, -0.1) is 0 Å². The number of likely N-dealkylation sites (N-methyl/N-ethyl adjacent to an activating group) is 1. The van der Waals surface area contributed by atoms with Gasteiger partial charge in [-0.2, -0.15) is 0 Å². The molecule has 0 saturated carbocycles. The quantitative estimate of drug-likeness (QED) is 0.0211. The number of quaternary nitrogens is 1. The van der Waals surface area contributed by atoms with Crippen molar-refractivity contribution in [1.82, 2.24) is 0 Å². The number of carbonyl (C=O) groups is 2. The molecule has 2 unspecified atom stereocenters. The monoisotopic (exact) mass is 995 g/mol. The van der Waals surface area contributed by atoms with Gasteiger partial charge in [0.1, 0.15) is 19.8 Å². The zero-order chi connectivity index (χ0) is 51.3. The fourth-order valence-corrected chi connectivity index (χ4v) is 7.57. The van der Waals surface area contributed by atoms with Crippen LogP contribution in [0.3, 0.4) is 0 Å². The van der Waals surface area contributed by atoms with E-state index in [1.807, 2.05) is 21.1 Å². The third-order valence-electron chi connectivity index (χ3n) is 11.0. The highest BCUT2D eigenvalue weighted by atomic mass is 31.2. The van der Waals surface area contributed by atoms with E-state index in [4.69, 9.17) is 18.5 Å². The molecule has 398 valence electrons. The van der Waals surface area contributed by atoms with Gasteiger partial charge in [-0.3, -0.25) is 18.6 Å². The van der Waals surface area contributed by atoms with Gasteiger partial charge in [-0.1, -0.05) is 200 Å². The van der Waals surface area contributed by atoms with Crippen molar-refractivity contribution in [2.45, 2.75) is 200 Å². The lowest BCUT2D eigenvalue weighted by Gasteiger charge is -2.24. The van der Waals surface area contributed by atoms with Crippen LogP contribution in [0.15, 0.2) is 122 Å². The van der Waals surface area contributed by atoms with E-state index < -0.39 is 32.5 Å². The maximum Gasteiger partial charge on any atom is 0.472 e. The summed E-state index contributed by atoms with van der Waals surface area (Å²) in [5.74, 6) is -0.836. The van der Waals surface area contributed by atoms with Crippen LogP contribution in [0.4, 0.5) is 0 Å². The first kappa shape index (κ1) is 66.4. The summed E-state index contributed by atoms with van der Waals surface area (Å²) in [4.78, 5) is 35.6. The largest absolute Gasteiger partial charge is 0.472 e. The summed E-state index contributed by atoms with van der Waals surface area (Å²) in [5.41, 5.74) is 0. The zero-order valence-electron chi connectivity index (χ0n) is 45.0. The van der Waals surface area contributed by atoms with Crippen LogP contribution in [-0.2, 0) is 32.7 Å². The highest BCUT2D eigenvalue weighted by molar-refractivity contribution is 7.47. The Hall–Kier alpha value is -3.59. The third kappa shape index (κ3) is 53.8. The van der Waals surface area contributed by atoms with Crippen molar-refractivity contribution in [3.05, 3.63) is 122 Å². The van der Waals surface area contributed by atoms with E-state index >= 15 is 0 Å². The second-order valence-electron chi connectivity index (χ2n) is 18.8. The minimum Gasteiger partial charge on any atom is -0.462 e. The lowest BCUT2D eigenvalue weighted by Crippen LogP contribution is -2.37. The van der Waals surface area contributed by atoms with Gasteiger partial charge < -0.3 is 18.9 Å². The number of carbonyl (C=O) groups excluding carboxylic acids is 2. The topological polar surface area (TPSA) is 108 Å². The summed E-state index contributed by atoms with van der Waals surface area (Å²) in [6.45, 7) is 4.16. The normalized spacial score (nSPS) is 14.3. The number of unbranched alkanes of at least 4 members (excludes halogenated alkanes) is 14. The molecule has 1 N–H and O–H groups in total. The molecular weight excluding hydrogens is 894 g/mol. The second kappa shape index (κ2) is 50.4. The van der Waals surface area contributed by atoms with Gasteiger partial charge in [-0.05, 0) is 103 Å². The van der Waals surface area contributed by atoms with Gasteiger partial charge in [0, 0.05) is 12.8 Å². The Morgan fingerprint density at radius 1 is 0.443 bits per heavy atom. The summed E-state index contributed by atoms with van der Waals surface area (Å²) in [6, 6.07) is 0. The van der Waals surface area contributed by atoms with Crippen molar-refractivity contribution < 1.29 is 42.1 Å². The second-order valence-corrected chi connectivity index (χ2v) is 20.3. The number of esters is 2. The third-order valence-corrected chi connectivity index (χ3v) is 12.0. The molecule has 0 spiro atoms. The van der Waals surface area contributed by atoms with Gasteiger partial charge >= 0.3 is 19.8 Å². The summed E-state index contributed by atoms with van der Waals surface area (Å²) >= 11 is 0. The predicted octanol–water partition coefficient (Wildman–Crippen LogP) is 16.8. The number of hydrogen-bond acceptors (Lipinski definition) is 7. The summed E-state index contributed by atoms with van der Waals surface area (Å²) < 4.78 is 34.5. The standard InChI is InChI=1S/C60H100NO8P/c1-6-8-10-12-14-16-18-20-22-24-26-28-29-30-31-33-35-37-39-41-43-45-47-49-51-53-60(63)69-58(57-68-70(64,65)67-55-54-61(3,4)5)56-66-59(62)52-50-48-46-44-42-40-38-36-34-32-27-25-23-21-19-17-15-13-11-9-7-2/h8-11,14-17,20-23,26-28,30-32,36,38,58H,6-7,12-13,18-19,24-25,29,33-35,37,39-57H2,1-5H3/p+1/b10-8-,11-9-,16-14-,17-15-,22-20-,23-21-,28-26-,31-30-,32-27-,38-36-. The van der Waals surface area contributed by atoms with E-state index in [1.165, 1.54) is 32.1 Å². The Bertz CT molecular complexity index is 1590. The molecule has 0 aliphatic carbocycles. The van der Waals surface area contributed by atoms with Crippen LogP contribution in [0, 0.1) is 0 Å². The molecule has 0 saturated heterocycles. The smallest absolute Gasteiger partial charge is 0.462 e. The zero-order valence-corrected chi connectivity index (χ0v) is 45.8. The molecule has 2 atom stereocenters. The summed E-state index contributed by atoms with van der Waals surface area (Å²) in [6.07, 6.45) is 71.1. The molecule has 0 aliphatic heterocycles. The van der Waals surface area contributed by atoms with Crippen LogP contribution in [0.1, 0.15) is 194 Å². The lowest BCUT2D eigenvalue weighted by atomic mass is 10.1. The molecule has 0 radical (unpaired) electrons. The SMILES string of the molecule is CC/C=C\C/C=C\C/C=C\C/C=C\C/C=C\CCCCCCCCCCCC(=O)OC(COC(=O)CCCCCCC/C=C\C/C=C\C/C=C\C/C=C\C/C=C\CC)COP(=O)(O)OCC[N+](C)(C)C. The van der Waals surface area contributed by atoms with Crippen molar-refractivity contribution in [2.24, 2.45) is 0 Å². The van der Waals surface area contributed by atoms with E-state index in [1.54, 1.807) is 0 Å². The molecule has 70 heavy (non-hydrogen) atoms. The molecule has 10 heteroatoms. The predicted molar refractivity (Wildman–Crippen MR) is 297 cm³/mol. The highest BCUT2D eigenvalue weighted by Gasteiger charge is 2.27. The molecule has 0 amide bonds. The van der Waals surface area contributed by atoms with Crippen molar-refractivity contribution in [2.75, 3.05) is 47.5 Å².